The van der Waals surface area contributed by atoms with Crippen LogP contribution in [0.5, 0.6) is 11.5 Å². The highest BCUT2D eigenvalue weighted by atomic mass is 16.6. The van der Waals surface area contributed by atoms with E-state index in [0.29, 0.717) is 24.3 Å². The number of cyclic esters (lactones) is 1. The molecule has 8 nitrogen and oxygen atoms in total. The van der Waals surface area contributed by atoms with Gasteiger partial charge in [0.2, 0.25) is 18.0 Å². The maximum absolute atomic E-state index is 12.9. The summed E-state index contributed by atoms with van der Waals surface area (Å²) in [5, 5.41) is 2.87. The predicted octanol–water partition coefficient (Wildman–Crippen LogP) is 2.18. The highest BCUT2D eigenvalue weighted by Crippen LogP contribution is 2.45. The zero-order chi connectivity index (χ0) is 21.3. The van der Waals surface area contributed by atoms with Crippen molar-refractivity contribution >= 4 is 17.8 Å². The van der Waals surface area contributed by atoms with Crippen LogP contribution in [0.1, 0.15) is 40.6 Å². The molecule has 2 aliphatic heterocycles. The molecule has 0 radical (unpaired) electrons. The third-order valence-corrected chi connectivity index (χ3v) is 5.39. The molecule has 2 aromatic carbocycles. The number of carbonyl (C=O) groups is 3. The molecule has 1 N–H and O–H groups in total. The van der Waals surface area contributed by atoms with Gasteiger partial charge in [-0.2, -0.15) is 0 Å². The van der Waals surface area contributed by atoms with Crippen molar-refractivity contribution in [3.05, 3.63) is 59.2 Å². The van der Waals surface area contributed by atoms with Crippen LogP contribution in [0.3, 0.4) is 0 Å². The second-order valence-electron chi connectivity index (χ2n) is 7.08. The molecule has 30 heavy (non-hydrogen) atoms. The summed E-state index contributed by atoms with van der Waals surface area (Å²) in [7, 11) is 2.90. The molecule has 8 heteroatoms. The van der Waals surface area contributed by atoms with Gasteiger partial charge in [0.25, 0.3) is 0 Å². The standard InChI is InChI=1S/C22H22N2O6/c1-28-16-10-8-14-18(19(16)29-2)22(27)30-21(14)24-15(9-11-17(24)25)20(26)23-12-13-6-4-3-5-7-13/h3-8,10,15,21H,9,11-12H2,1-2H3,(H,23,26)/t15-,21-/m1/s1. The zero-order valence-electron chi connectivity index (χ0n) is 16.7. The third kappa shape index (κ3) is 3.34. The van der Waals surface area contributed by atoms with E-state index in [2.05, 4.69) is 5.32 Å². The second kappa shape index (κ2) is 8.06. The molecule has 0 unspecified atom stereocenters. The fourth-order valence-electron chi connectivity index (χ4n) is 3.95. The largest absolute Gasteiger partial charge is 0.493 e. The first-order valence-corrected chi connectivity index (χ1v) is 9.63. The lowest BCUT2D eigenvalue weighted by Crippen LogP contribution is -2.46. The Balaban J connectivity index is 1.59. The first kappa shape index (κ1) is 19.8. The Hall–Kier alpha value is -3.55. The van der Waals surface area contributed by atoms with Gasteiger partial charge in [0.05, 0.1) is 14.2 Å². The van der Waals surface area contributed by atoms with Crippen molar-refractivity contribution in [1.29, 1.82) is 0 Å². The van der Waals surface area contributed by atoms with Crippen LogP contribution in [0.4, 0.5) is 0 Å². The van der Waals surface area contributed by atoms with Crippen molar-refractivity contribution < 1.29 is 28.6 Å². The number of hydrogen-bond acceptors (Lipinski definition) is 6. The van der Waals surface area contributed by atoms with Gasteiger partial charge >= 0.3 is 5.97 Å². The number of esters is 1. The minimum atomic E-state index is -0.977. The summed E-state index contributed by atoms with van der Waals surface area (Å²) in [4.78, 5) is 39.4. The molecule has 4 rings (SSSR count). The number of hydrogen-bond donors (Lipinski definition) is 1. The molecular formula is C22H22N2O6. The number of rotatable bonds is 6. The summed E-state index contributed by atoms with van der Waals surface area (Å²) >= 11 is 0. The molecule has 0 saturated carbocycles. The highest BCUT2D eigenvalue weighted by Gasteiger charge is 2.47. The van der Waals surface area contributed by atoms with E-state index in [1.165, 1.54) is 19.1 Å². The van der Waals surface area contributed by atoms with E-state index in [1.54, 1.807) is 12.1 Å². The summed E-state index contributed by atoms with van der Waals surface area (Å²) < 4.78 is 16.1. The molecule has 2 heterocycles. The van der Waals surface area contributed by atoms with Gasteiger partial charge in [-0.1, -0.05) is 30.3 Å². The van der Waals surface area contributed by atoms with E-state index in [1.807, 2.05) is 30.3 Å². The van der Waals surface area contributed by atoms with Gasteiger partial charge < -0.3 is 19.5 Å². The molecule has 1 saturated heterocycles. The van der Waals surface area contributed by atoms with Crippen LogP contribution in [0.2, 0.25) is 0 Å². The summed E-state index contributed by atoms with van der Waals surface area (Å²) in [6.45, 7) is 0.351. The zero-order valence-corrected chi connectivity index (χ0v) is 16.7. The fourth-order valence-corrected chi connectivity index (χ4v) is 3.95. The van der Waals surface area contributed by atoms with E-state index in [0.717, 1.165) is 5.56 Å². The number of benzene rings is 2. The maximum Gasteiger partial charge on any atom is 0.344 e. The van der Waals surface area contributed by atoms with Crippen LogP contribution in [-0.2, 0) is 20.9 Å². The quantitative estimate of drug-likeness (QED) is 0.734. The highest BCUT2D eigenvalue weighted by molar-refractivity contribution is 5.99. The van der Waals surface area contributed by atoms with Crippen molar-refractivity contribution in [2.75, 3.05) is 14.2 Å². The van der Waals surface area contributed by atoms with Crippen LogP contribution in [0.25, 0.3) is 0 Å². The number of likely N-dealkylation sites (tertiary alicyclic amines) is 1. The lowest BCUT2D eigenvalue weighted by atomic mass is 10.1. The molecule has 0 spiro atoms. The average molecular weight is 410 g/mol. The SMILES string of the molecule is COc1ccc2c(c1OC)C(=O)O[C@H]2N1C(=O)CC[C@@H]1C(=O)NCc1ccccc1. The van der Waals surface area contributed by atoms with E-state index in [9.17, 15) is 14.4 Å². The molecular weight excluding hydrogens is 388 g/mol. The van der Waals surface area contributed by atoms with Crippen LogP contribution in [0, 0.1) is 0 Å². The van der Waals surface area contributed by atoms with Crippen LogP contribution in [0.15, 0.2) is 42.5 Å². The van der Waals surface area contributed by atoms with E-state index >= 15 is 0 Å². The van der Waals surface area contributed by atoms with Gasteiger partial charge in [-0.25, -0.2) is 4.79 Å². The van der Waals surface area contributed by atoms with E-state index in [4.69, 9.17) is 14.2 Å². The first-order chi connectivity index (χ1) is 14.5. The maximum atomic E-state index is 12.9. The van der Waals surface area contributed by atoms with Crippen molar-refractivity contribution in [1.82, 2.24) is 10.2 Å². The van der Waals surface area contributed by atoms with E-state index in [-0.39, 0.29) is 29.5 Å². The van der Waals surface area contributed by atoms with Crippen molar-refractivity contribution in [2.45, 2.75) is 31.7 Å². The smallest absolute Gasteiger partial charge is 0.344 e. The normalized spacial score (nSPS) is 20.0. The van der Waals surface area contributed by atoms with Gasteiger partial charge in [0, 0.05) is 18.5 Å². The number of ether oxygens (including phenoxy) is 3. The average Bonchev–Trinajstić information content (AvgIpc) is 3.31. The Morgan fingerprint density at radius 1 is 1.13 bits per heavy atom. The van der Waals surface area contributed by atoms with Crippen LogP contribution >= 0.6 is 0 Å². The summed E-state index contributed by atoms with van der Waals surface area (Å²) in [5.41, 5.74) is 1.65. The van der Waals surface area contributed by atoms with Crippen LogP contribution in [-0.4, -0.2) is 42.9 Å². The molecule has 2 atom stereocenters. The minimum Gasteiger partial charge on any atom is -0.493 e. The number of nitrogens with zero attached hydrogens (tertiary/aromatic N) is 1. The first-order valence-electron chi connectivity index (χ1n) is 9.63. The molecule has 2 amide bonds. The van der Waals surface area contributed by atoms with Gasteiger partial charge in [-0.3, -0.25) is 14.5 Å². The minimum absolute atomic E-state index is 0.208. The van der Waals surface area contributed by atoms with Gasteiger partial charge in [0.15, 0.2) is 11.5 Å². The molecule has 0 aromatic heterocycles. The Morgan fingerprint density at radius 3 is 2.60 bits per heavy atom. The van der Waals surface area contributed by atoms with Gasteiger partial charge in [0.1, 0.15) is 11.6 Å². The topological polar surface area (TPSA) is 94.2 Å². The Bertz CT molecular complexity index is 991. The molecule has 1 fully saturated rings. The second-order valence-corrected chi connectivity index (χ2v) is 7.08. The lowest BCUT2D eigenvalue weighted by Gasteiger charge is -2.29. The monoisotopic (exact) mass is 410 g/mol. The Labute approximate surface area is 173 Å². The number of carbonyl (C=O) groups excluding carboxylic acids is 3. The molecule has 156 valence electrons. The number of amides is 2. The summed E-state index contributed by atoms with van der Waals surface area (Å²) in [6.07, 6.45) is -0.411. The molecule has 2 aromatic rings. The fraction of sp³-hybridized carbons (Fsp3) is 0.318. The molecule has 2 aliphatic rings. The Kier molecular flexibility index (Phi) is 5.31. The third-order valence-electron chi connectivity index (χ3n) is 5.39. The molecule has 0 aliphatic carbocycles. The summed E-state index contributed by atoms with van der Waals surface area (Å²) in [6, 6.07) is 12.1. The van der Waals surface area contributed by atoms with Crippen molar-refractivity contribution in [3.8, 4) is 11.5 Å². The molecule has 0 bridgehead atoms. The summed E-state index contributed by atoms with van der Waals surface area (Å²) in [5.74, 6) is -0.503. The van der Waals surface area contributed by atoms with E-state index < -0.39 is 18.2 Å². The number of nitrogens with one attached hydrogen (secondary N) is 1. The Morgan fingerprint density at radius 2 is 1.90 bits per heavy atom. The van der Waals surface area contributed by atoms with Crippen LogP contribution < -0.4 is 14.8 Å². The van der Waals surface area contributed by atoms with Gasteiger partial charge in [-0.15, -0.1) is 0 Å². The van der Waals surface area contributed by atoms with Crippen molar-refractivity contribution in [2.24, 2.45) is 0 Å². The number of methoxy groups -OCH3 is 2. The predicted molar refractivity (Wildman–Crippen MR) is 106 cm³/mol. The number of fused-ring (bicyclic) bond motifs is 1. The lowest BCUT2D eigenvalue weighted by molar-refractivity contribution is -0.145. The van der Waals surface area contributed by atoms with Gasteiger partial charge in [-0.05, 0) is 24.1 Å². The van der Waals surface area contributed by atoms with Crippen molar-refractivity contribution in [3.63, 3.8) is 0 Å².